The maximum Gasteiger partial charge on any atom is 0.245 e. The maximum atomic E-state index is 13.6. The monoisotopic (exact) mass is 448 g/mol. The molecule has 4 rings (SSSR count). The quantitative estimate of drug-likeness (QED) is 0.706. The number of amides is 1. The van der Waals surface area contributed by atoms with Gasteiger partial charge in [-0.2, -0.15) is 4.31 Å². The standard InChI is InChI=1S/C20H21BrN2O3S/c1-13-9-17-10-18(21)11-19(20(17)23(13)14(2)24)27(25,26)22-8-7-15-5-3-4-6-16(15)12-22/h3-6,10-11,13H,7-9,12H2,1-2H3/t13-/m1/s1. The maximum absolute atomic E-state index is 13.6. The fourth-order valence-electron chi connectivity index (χ4n) is 4.17. The molecule has 0 saturated carbocycles. The Kier molecular flexibility index (Phi) is 4.64. The van der Waals surface area contributed by atoms with Gasteiger partial charge < -0.3 is 4.90 Å². The Morgan fingerprint density at radius 3 is 2.56 bits per heavy atom. The van der Waals surface area contributed by atoms with E-state index in [0.717, 1.165) is 15.6 Å². The number of fused-ring (bicyclic) bond motifs is 2. The molecule has 27 heavy (non-hydrogen) atoms. The van der Waals surface area contributed by atoms with Crippen LogP contribution in [0.3, 0.4) is 0 Å². The summed E-state index contributed by atoms with van der Waals surface area (Å²) in [6, 6.07) is 11.4. The van der Waals surface area contributed by atoms with Crippen molar-refractivity contribution in [2.24, 2.45) is 0 Å². The Morgan fingerprint density at radius 2 is 1.85 bits per heavy atom. The average molecular weight is 449 g/mol. The molecule has 0 unspecified atom stereocenters. The van der Waals surface area contributed by atoms with Crippen LogP contribution >= 0.6 is 15.9 Å². The van der Waals surface area contributed by atoms with Crippen LogP contribution in [0.15, 0.2) is 45.8 Å². The third kappa shape index (κ3) is 3.11. The number of rotatable bonds is 2. The second-order valence-corrected chi connectivity index (χ2v) is 10.0. The van der Waals surface area contributed by atoms with Gasteiger partial charge in [0.2, 0.25) is 15.9 Å². The fraction of sp³-hybridized carbons (Fsp3) is 0.350. The summed E-state index contributed by atoms with van der Waals surface area (Å²) in [4.78, 5) is 14.1. The van der Waals surface area contributed by atoms with Gasteiger partial charge in [0.25, 0.3) is 0 Å². The first-order chi connectivity index (χ1) is 12.8. The first kappa shape index (κ1) is 18.7. The van der Waals surface area contributed by atoms with Crippen molar-refractivity contribution in [2.45, 2.75) is 44.2 Å². The van der Waals surface area contributed by atoms with Crippen LogP contribution < -0.4 is 4.90 Å². The Bertz CT molecular complexity index is 1040. The number of halogens is 1. The van der Waals surface area contributed by atoms with Crippen molar-refractivity contribution in [3.05, 3.63) is 57.6 Å². The topological polar surface area (TPSA) is 57.7 Å². The summed E-state index contributed by atoms with van der Waals surface area (Å²) in [5.41, 5.74) is 3.67. The molecule has 0 spiro atoms. The molecular weight excluding hydrogens is 428 g/mol. The van der Waals surface area contributed by atoms with Gasteiger partial charge in [0.1, 0.15) is 4.90 Å². The van der Waals surface area contributed by atoms with E-state index in [9.17, 15) is 13.2 Å². The van der Waals surface area contributed by atoms with Crippen molar-refractivity contribution in [3.63, 3.8) is 0 Å². The van der Waals surface area contributed by atoms with Crippen molar-refractivity contribution in [1.82, 2.24) is 4.31 Å². The molecule has 2 aliphatic heterocycles. The van der Waals surface area contributed by atoms with Crippen molar-refractivity contribution in [3.8, 4) is 0 Å². The van der Waals surface area contributed by atoms with E-state index in [1.165, 1.54) is 16.8 Å². The van der Waals surface area contributed by atoms with Crippen LogP contribution in [-0.4, -0.2) is 31.2 Å². The van der Waals surface area contributed by atoms with E-state index in [-0.39, 0.29) is 16.8 Å². The third-order valence-corrected chi connectivity index (χ3v) is 7.68. The smallest absolute Gasteiger partial charge is 0.245 e. The van der Waals surface area contributed by atoms with Gasteiger partial charge >= 0.3 is 0 Å². The van der Waals surface area contributed by atoms with E-state index in [1.54, 1.807) is 11.0 Å². The number of hydrogen-bond donors (Lipinski definition) is 0. The van der Waals surface area contributed by atoms with Gasteiger partial charge in [-0.15, -0.1) is 0 Å². The predicted octanol–water partition coefficient (Wildman–Crippen LogP) is 3.49. The summed E-state index contributed by atoms with van der Waals surface area (Å²) in [5.74, 6) is -0.135. The zero-order valence-electron chi connectivity index (χ0n) is 15.3. The van der Waals surface area contributed by atoms with Crippen LogP contribution in [0.25, 0.3) is 0 Å². The van der Waals surface area contributed by atoms with Gasteiger partial charge in [-0.05, 0) is 48.6 Å². The highest BCUT2D eigenvalue weighted by atomic mass is 79.9. The largest absolute Gasteiger partial charge is 0.308 e. The Morgan fingerprint density at radius 1 is 1.15 bits per heavy atom. The van der Waals surface area contributed by atoms with E-state index in [1.807, 2.05) is 31.2 Å². The Hall–Kier alpha value is -1.70. The summed E-state index contributed by atoms with van der Waals surface area (Å²) < 4.78 is 29.3. The summed E-state index contributed by atoms with van der Waals surface area (Å²) in [7, 11) is -3.73. The molecule has 0 fully saturated rings. The predicted molar refractivity (Wildman–Crippen MR) is 108 cm³/mol. The lowest BCUT2D eigenvalue weighted by molar-refractivity contribution is -0.116. The summed E-state index contributed by atoms with van der Waals surface area (Å²) >= 11 is 3.45. The lowest BCUT2D eigenvalue weighted by Crippen LogP contribution is -2.38. The molecule has 142 valence electrons. The molecule has 0 saturated heterocycles. The van der Waals surface area contributed by atoms with Crippen LogP contribution in [0, 0.1) is 0 Å². The van der Waals surface area contributed by atoms with Gasteiger partial charge in [-0.25, -0.2) is 8.42 Å². The minimum Gasteiger partial charge on any atom is -0.308 e. The van der Waals surface area contributed by atoms with Crippen LogP contribution in [0.1, 0.15) is 30.5 Å². The number of anilines is 1. The second-order valence-electron chi connectivity index (χ2n) is 7.21. The fourth-order valence-corrected chi connectivity index (χ4v) is 6.49. The highest BCUT2D eigenvalue weighted by Crippen LogP contribution is 2.41. The number of carbonyl (C=O) groups is 1. The van der Waals surface area contributed by atoms with E-state index >= 15 is 0 Å². The van der Waals surface area contributed by atoms with Gasteiger partial charge in [0.05, 0.1) is 5.69 Å². The van der Waals surface area contributed by atoms with Crippen LogP contribution in [0.4, 0.5) is 5.69 Å². The molecule has 1 amide bonds. The Balaban J connectivity index is 1.81. The number of benzene rings is 2. The van der Waals surface area contributed by atoms with Gasteiger partial charge in [-0.3, -0.25) is 4.79 Å². The zero-order chi connectivity index (χ0) is 19.3. The molecule has 1 atom stereocenters. The van der Waals surface area contributed by atoms with Crippen LogP contribution in [-0.2, 0) is 34.2 Å². The van der Waals surface area contributed by atoms with Crippen LogP contribution in [0.2, 0.25) is 0 Å². The van der Waals surface area contributed by atoms with E-state index in [4.69, 9.17) is 0 Å². The third-order valence-electron chi connectivity index (χ3n) is 5.37. The second kappa shape index (κ2) is 6.72. The number of hydrogen-bond acceptors (Lipinski definition) is 3. The lowest BCUT2D eigenvalue weighted by Gasteiger charge is -2.30. The normalized spacial score (nSPS) is 19.7. The molecule has 2 aromatic rings. The summed E-state index contributed by atoms with van der Waals surface area (Å²) in [6.45, 7) is 4.23. The highest BCUT2D eigenvalue weighted by Gasteiger charge is 2.38. The van der Waals surface area contributed by atoms with Crippen molar-refractivity contribution >= 4 is 37.5 Å². The molecule has 0 N–H and O–H groups in total. The summed E-state index contributed by atoms with van der Waals surface area (Å²) in [6.07, 6.45) is 1.35. The molecule has 2 aromatic carbocycles. The van der Waals surface area contributed by atoms with Gasteiger partial charge in [0, 0.05) is 30.5 Å². The average Bonchev–Trinajstić information content (AvgIpc) is 2.96. The van der Waals surface area contributed by atoms with Crippen molar-refractivity contribution in [1.29, 1.82) is 0 Å². The first-order valence-electron chi connectivity index (χ1n) is 8.98. The molecule has 0 aromatic heterocycles. The van der Waals surface area contributed by atoms with Crippen LogP contribution in [0.5, 0.6) is 0 Å². The van der Waals surface area contributed by atoms with Crippen molar-refractivity contribution in [2.75, 3.05) is 11.4 Å². The van der Waals surface area contributed by atoms with Crippen molar-refractivity contribution < 1.29 is 13.2 Å². The first-order valence-corrected chi connectivity index (χ1v) is 11.2. The minimum absolute atomic E-state index is 0.0529. The number of carbonyl (C=O) groups excluding carboxylic acids is 1. The van der Waals surface area contributed by atoms with E-state index < -0.39 is 10.0 Å². The number of sulfonamides is 1. The Labute approximate surface area is 168 Å². The molecule has 7 heteroatoms. The molecule has 5 nitrogen and oxygen atoms in total. The highest BCUT2D eigenvalue weighted by molar-refractivity contribution is 9.10. The van der Waals surface area contributed by atoms with E-state index in [2.05, 4.69) is 22.0 Å². The minimum atomic E-state index is -3.73. The zero-order valence-corrected chi connectivity index (χ0v) is 17.7. The van der Waals surface area contributed by atoms with E-state index in [0.29, 0.717) is 31.6 Å². The molecule has 0 radical (unpaired) electrons. The SMILES string of the molecule is CC(=O)N1c2c(cc(Br)cc2S(=O)(=O)N2CCc3ccccc3C2)C[C@H]1C. The van der Waals surface area contributed by atoms with Gasteiger partial charge in [-0.1, -0.05) is 40.2 Å². The molecule has 0 aliphatic carbocycles. The lowest BCUT2D eigenvalue weighted by atomic mass is 10.0. The molecule has 0 bridgehead atoms. The van der Waals surface area contributed by atoms with Gasteiger partial charge in [0.15, 0.2) is 0 Å². The molecular formula is C20H21BrN2O3S. The number of nitrogens with zero attached hydrogens (tertiary/aromatic N) is 2. The molecule has 2 heterocycles. The molecule has 2 aliphatic rings. The summed E-state index contributed by atoms with van der Waals surface area (Å²) in [5, 5.41) is 0.